The van der Waals surface area contributed by atoms with Gasteiger partial charge in [0.15, 0.2) is 0 Å². The SMILES string of the molecule is Nc1cnc(NCc2cccnc2)c(Br)c1. The van der Waals surface area contributed by atoms with Crippen LogP contribution in [0.1, 0.15) is 5.56 Å². The topological polar surface area (TPSA) is 63.8 Å². The molecule has 2 rings (SSSR count). The minimum atomic E-state index is 0.638. The lowest BCUT2D eigenvalue weighted by Gasteiger charge is -2.07. The smallest absolute Gasteiger partial charge is 0.140 e. The van der Waals surface area contributed by atoms with Crippen molar-refractivity contribution in [3.63, 3.8) is 0 Å². The van der Waals surface area contributed by atoms with Crippen LogP contribution in [0.3, 0.4) is 0 Å². The molecule has 0 radical (unpaired) electrons. The summed E-state index contributed by atoms with van der Waals surface area (Å²) in [6.45, 7) is 0.684. The number of rotatable bonds is 3. The number of anilines is 2. The fourth-order valence-corrected chi connectivity index (χ4v) is 1.78. The molecule has 2 heterocycles. The van der Waals surface area contributed by atoms with E-state index in [0.717, 1.165) is 15.9 Å². The molecule has 16 heavy (non-hydrogen) atoms. The Morgan fingerprint density at radius 3 is 2.94 bits per heavy atom. The Balaban J connectivity index is 2.05. The third-order valence-electron chi connectivity index (χ3n) is 2.05. The molecule has 5 heteroatoms. The summed E-state index contributed by atoms with van der Waals surface area (Å²) < 4.78 is 0.858. The second kappa shape index (κ2) is 4.94. The maximum atomic E-state index is 5.60. The second-order valence-corrected chi connectivity index (χ2v) is 4.17. The van der Waals surface area contributed by atoms with Crippen molar-refractivity contribution in [1.29, 1.82) is 0 Å². The largest absolute Gasteiger partial charge is 0.397 e. The highest BCUT2D eigenvalue weighted by atomic mass is 79.9. The molecular weight excluding hydrogens is 268 g/mol. The van der Waals surface area contributed by atoms with E-state index >= 15 is 0 Å². The van der Waals surface area contributed by atoms with Crippen LogP contribution in [-0.2, 0) is 6.54 Å². The number of pyridine rings is 2. The molecule has 0 aliphatic heterocycles. The van der Waals surface area contributed by atoms with Crippen LogP contribution in [-0.4, -0.2) is 9.97 Å². The zero-order valence-electron chi connectivity index (χ0n) is 8.52. The van der Waals surface area contributed by atoms with E-state index in [-0.39, 0.29) is 0 Å². The zero-order chi connectivity index (χ0) is 11.4. The molecular formula is C11H11BrN4. The summed E-state index contributed by atoms with van der Waals surface area (Å²) in [5.41, 5.74) is 7.35. The van der Waals surface area contributed by atoms with Gasteiger partial charge in [-0.1, -0.05) is 6.07 Å². The summed E-state index contributed by atoms with van der Waals surface area (Å²) in [5.74, 6) is 0.776. The van der Waals surface area contributed by atoms with Gasteiger partial charge in [-0.15, -0.1) is 0 Å². The lowest BCUT2D eigenvalue weighted by Crippen LogP contribution is -2.02. The van der Waals surface area contributed by atoms with Gasteiger partial charge in [0.1, 0.15) is 5.82 Å². The van der Waals surface area contributed by atoms with E-state index in [1.807, 2.05) is 24.4 Å². The van der Waals surface area contributed by atoms with Crippen molar-refractivity contribution in [3.05, 3.63) is 46.8 Å². The van der Waals surface area contributed by atoms with Gasteiger partial charge >= 0.3 is 0 Å². The first kappa shape index (κ1) is 10.9. The summed E-state index contributed by atoms with van der Waals surface area (Å²) in [7, 11) is 0. The summed E-state index contributed by atoms with van der Waals surface area (Å²) in [5, 5.41) is 3.20. The first-order valence-electron chi connectivity index (χ1n) is 4.79. The first-order chi connectivity index (χ1) is 7.75. The number of nitrogens with one attached hydrogen (secondary N) is 1. The summed E-state index contributed by atoms with van der Waals surface area (Å²) in [4.78, 5) is 8.23. The third kappa shape index (κ3) is 2.70. The van der Waals surface area contributed by atoms with Gasteiger partial charge in [-0.2, -0.15) is 0 Å². The van der Waals surface area contributed by atoms with Gasteiger partial charge in [0.05, 0.1) is 16.4 Å². The Morgan fingerprint density at radius 2 is 2.25 bits per heavy atom. The molecule has 0 aliphatic rings. The Kier molecular flexibility index (Phi) is 3.36. The van der Waals surface area contributed by atoms with Crippen LogP contribution < -0.4 is 11.1 Å². The van der Waals surface area contributed by atoms with E-state index in [1.165, 1.54) is 0 Å². The van der Waals surface area contributed by atoms with Crippen LogP contribution in [0.2, 0.25) is 0 Å². The minimum Gasteiger partial charge on any atom is -0.397 e. The van der Waals surface area contributed by atoms with Gasteiger partial charge in [-0.05, 0) is 33.6 Å². The number of nitrogens with two attached hydrogens (primary N) is 1. The fraction of sp³-hybridized carbons (Fsp3) is 0.0909. The van der Waals surface area contributed by atoms with Gasteiger partial charge in [-0.3, -0.25) is 4.98 Å². The van der Waals surface area contributed by atoms with Crippen molar-refractivity contribution in [2.24, 2.45) is 0 Å². The normalized spacial score (nSPS) is 10.1. The van der Waals surface area contributed by atoms with Crippen LogP contribution in [0.25, 0.3) is 0 Å². The molecule has 4 nitrogen and oxygen atoms in total. The minimum absolute atomic E-state index is 0.638. The quantitative estimate of drug-likeness (QED) is 0.905. The number of nitrogens with zero attached hydrogens (tertiary/aromatic N) is 2. The molecule has 2 aromatic heterocycles. The van der Waals surface area contributed by atoms with Crippen molar-refractivity contribution >= 4 is 27.4 Å². The Bertz CT molecular complexity index is 473. The predicted molar refractivity (Wildman–Crippen MR) is 67.9 cm³/mol. The standard InChI is InChI=1S/C11H11BrN4/c12-10-4-9(13)7-16-11(10)15-6-8-2-1-3-14-5-8/h1-5,7H,6,13H2,(H,15,16). The van der Waals surface area contributed by atoms with E-state index in [2.05, 4.69) is 31.2 Å². The molecule has 0 saturated heterocycles. The Hall–Kier alpha value is -1.62. The van der Waals surface area contributed by atoms with Crippen molar-refractivity contribution in [2.45, 2.75) is 6.54 Å². The lowest BCUT2D eigenvalue weighted by molar-refractivity contribution is 1.08. The van der Waals surface area contributed by atoms with Gasteiger partial charge in [-0.25, -0.2) is 4.98 Å². The number of nitrogen functional groups attached to an aromatic ring is 1. The van der Waals surface area contributed by atoms with Crippen LogP contribution in [0.15, 0.2) is 41.3 Å². The van der Waals surface area contributed by atoms with E-state index in [9.17, 15) is 0 Å². The average Bonchev–Trinajstić information content (AvgIpc) is 2.29. The van der Waals surface area contributed by atoms with Crippen molar-refractivity contribution in [3.8, 4) is 0 Å². The predicted octanol–water partition coefficient (Wildman–Crippen LogP) is 2.43. The van der Waals surface area contributed by atoms with Crippen molar-refractivity contribution in [2.75, 3.05) is 11.1 Å². The molecule has 0 saturated carbocycles. The molecule has 0 atom stereocenters. The van der Waals surface area contributed by atoms with Crippen LogP contribution in [0.4, 0.5) is 11.5 Å². The maximum Gasteiger partial charge on any atom is 0.140 e. The molecule has 0 bridgehead atoms. The molecule has 0 aromatic carbocycles. The molecule has 0 spiro atoms. The highest BCUT2D eigenvalue weighted by Gasteiger charge is 2.01. The molecule has 82 valence electrons. The highest BCUT2D eigenvalue weighted by Crippen LogP contribution is 2.22. The Labute approximate surface area is 102 Å². The summed E-state index contributed by atoms with van der Waals surface area (Å²) in [6.07, 6.45) is 5.19. The summed E-state index contributed by atoms with van der Waals surface area (Å²) >= 11 is 3.40. The number of aromatic nitrogens is 2. The average molecular weight is 279 g/mol. The fourth-order valence-electron chi connectivity index (χ4n) is 1.27. The molecule has 2 aromatic rings. The second-order valence-electron chi connectivity index (χ2n) is 3.31. The zero-order valence-corrected chi connectivity index (χ0v) is 10.1. The van der Waals surface area contributed by atoms with Gasteiger partial charge in [0.25, 0.3) is 0 Å². The van der Waals surface area contributed by atoms with Gasteiger partial charge < -0.3 is 11.1 Å². The van der Waals surface area contributed by atoms with E-state index < -0.39 is 0 Å². The van der Waals surface area contributed by atoms with E-state index in [0.29, 0.717) is 12.2 Å². The molecule has 0 fully saturated rings. The van der Waals surface area contributed by atoms with Crippen molar-refractivity contribution < 1.29 is 0 Å². The van der Waals surface area contributed by atoms with E-state index in [4.69, 9.17) is 5.73 Å². The highest BCUT2D eigenvalue weighted by molar-refractivity contribution is 9.10. The lowest BCUT2D eigenvalue weighted by atomic mass is 10.3. The number of hydrogen-bond acceptors (Lipinski definition) is 4. The monoisotopic (exact) mass is 278 g/mol. The molecule has 0 unspecified atom stereocenters. The van der Waals surface area contributed by atoms with Crippen LogP contribution in [0, 0.1) is 0 Å². The van der Waals surface area contributed by atoms with E-state index in [1.54, 1.807) is 12.4 Å². The maximum absolute atomic E-state index is 5.60. The summed E-state index contributed by atoms with van der Waals surface area (Å²) in [6, 6.07) is 5.73. The van der Waals surface area contributed by atoms with Gasteiger partial charge in [0.2, 0.25) is 0 Å². The van der Waals surface area contributed by atoms with Crippen LogP contribution in [0.5, 0.6) is 0 Å². The molecule has 3 N–H and O–H groups in total. The molecule has 0 amide bonds. The third-order valence-corrected chi connectivity index (χ3v) is 2.65. The van der Waals surface area contributed by atoms with Crippen molar-refractivity contribution in [1.82, 2.24) is 9.97 Å². The van der Waals surface area contributed by atoms with Crippen LogP contribution >= 0.6 is 15.9 Å². The Morgan fingerprint density at radius 1 is 1.38 bits per heavy atom. The first-order valence-corrected chi connectivity index (χ1v) is 5.59. The molecule has 0 aliphatic carbocycles. The number of halogens is 1. The van der Waals surface area contributed by atoms with Gasteiger partial charge in [0, 0.05) is 18.9 Å². The number of hydrogen-bond donors (Lipinski definition) is 2.